The maximum absolute atomic E-state index is 11.9. The molecule has 1 rings (SSSR count). The number of alkyl halides is 3. The lowest BCUT2D eigenvalue weighted by molar-refractivity contribution is -0.133. The molecular weight excluding hydrogens is 217 g/mol. The van der Waals surface area contributed by atoms with Crippen molar-refractivity contribution in [2.75, 3.05) is 12.3 Å². The van der Waals surface area contributed by atoms with Crippen molar-refractivity contribution in [3.63, 3.8) is 0 Å². The Balaban J connectivity index is 2.41. The number of hydrogen-bond acceptors (Lipinski definition) is 2. The number of hydrogen-bond donors (Lipinski definition) is 2. The summed E-state index contributed by atoms with van der Waals surface area (Å²) in [6.45, 7) is 2.20. The highest BCUT2D eigenvalue weighted by molar-refractivity contribution is 5.49. The first-order valence-electron chi connectivity index (χ1n) is 5.01. The van der Waals surface area contributed by atoms with Crippen molar-refractivity contribution in [3.05, 3.63) is 29.3 Å². The molecule has 0 aliphatic carbocycles. The zero-order valence-corrected chi connectivity index (χ0v) is 9.06. The lowest BCUT2D eigenvalue weighted by Gasteiger charge is -2.10. The smallest absolute Gasteiger partial charge is 0.390 e. The van der Waals surface area contributed by atoms with Gasteiger partial charge in [0.25, 0.3) is 0 Å². The van der Waals surface area contributed by atoms with Crippen LogP contribution >= 0.6 is 0 Å². The van der Waals surface area contributed by atoms with Gasteiger partial charge in [-0.3, -0.25) is 0 Å². The molecule has 0 amide bonds. The van der Waals surface area contributed by atoms with Gasteiger partial charge in [-0.05, 0) is 24.1 Å². The number of halogens is 3. The lowest BCUT2D eigenvalue weighted by Crippen LogP contribution is -2.21. The summed E-state index contributed by atoms with van der Waals surface area (Å²) in [6.07, 6.45) is -4.91. The second-order valence-corrected chi connectivity index (χ2v) is 3.67. The standard InChI is InChI=1S/C11H15F3N2/c1-8-9(3-2-4-10(8)15)7-16-6-5-11(12,13)14/h2-4,16H,5-7,15H2,1H3. The van der Waals surface area contributed by atoms with Gasteiger partial charge in [-0.25, -0.2) is 0 Å². The number of anilines is 1. The molecule has 2 nitrogen and oxygen atoms in total. The molecule has 0 aliphatic rings. The van der Waals surface area contributed by atoms with Crippen LogP contribution in [-0.4, -0.2) is 12.7 Å². The Labute approximate surface area is 92.6 Å². The van der Waals surface area contributed by atoms with E-state index >= 15 is 0 Å². The van der Waals surface area contributed by atoms with Gasteiger partial charge in [-0.15, -0.1) is 0 Å². The summed E-state index contributed by atoms with van der Waals surface area (Å²) in [7, 11) is 0. The zero-order chi connectivity index (χ0) is 12.2. The molecule has 0 heterocycles. The summed E-state index contributed by atoms with van der Waals surface area (Å²) in [4.78, 5) is 0. The van der Waals surface area contributed by atoms with Crippen LogP contribution < -0.4 is 11.1 Å². The van der Waals surface area contributed by atoms with Crippen LogP contribution in [-0.2, 0) is 6.54 Å². The normalized spacial score (nSPS) is 11.8. The van der Waals surface area contributed by atoms with Gasteiger partial charge in [-0.2, -0.15) is 13.2 Å². The molecule has 0 saturated carbocycles. The summed E-state index contributed by atoms with van der Waals surface area (Å²) in [6, 6.07) is 5.42. The van der Waals surface area contributed by atoms with E-state index < -0.39 is 12.6 Å². The molecule has 1 aromatic carbocycles. The molecule has 0 atom stereocenters. The van der Waals surface area contributed by atoms with Crippen molar-refractivity contribution >= 4 is 5.69 Å². The quantitative estimate of drug-likeness (QED) is 0.618. The first-order chi connectivity index (χ1) is 7.40. The largest absolute Gasteiger partial charge is 0.399 e. The molecule has 0 aliphatic heterocycles. The third kappa shape index (κ3) is 4.10. The Kier molecular flexibility index (Phi) is 4.18. The fraction of sp³-hybridized carbons (Fsp3) is 0.455. The van der Waals surface area contributed by atoms with Gasteiger partial charge in [0.05, 0.1) is 6.42 Å². The average Bonchev–Trinajstić information content (AvgIpc) is 2.17. The van der Waals surface area contributed by atoms with Crippen LogP contribution in [0.3, 0.4) is 0 Å². The van der Waals surface area contributed by atoms with Gasteiger partial charge in [0.2, 0.25) is 0 Å². The predicted octanol–water partition coefficient (Wildman–Crippen LogP) is 2.62. The summed E-state index contributed by atoms with van der Waals surface area (Å²) >= 11 is 0. The molecule has 0 fully saturated rings. The highest BCUT2D eigenvalue weighted by Crippen LogP contribution is 2.19. The van der Waals surface area contributed by atoms with Crippen LogP contribution in [0.15, 0.2) is 18.2 Å². The average molecular weight is 232 g/mol. The van der Waals surface area contributed by atoms with Crippen LogP contribution in [0, 0.1) is 6.92 Å². The second kappa shape index (κ2) is 5.21. The van der Waals surface area contributed by atoms with E-state index in [1.807, 2.05) is 13.0 Å². The maximum Gasteiger partial charge on any atom is 0.390 e. The second-order valence-electron chi connectivity index (χ2n) is 3.67. The van der Waals surface area contributed by atoms with Gasteiger partial charge in [0, 0.05) is 18.8 Å². The molecule has 0 radical (unpaired) electrons. The molecule has 1 aromatic rings. The van der Waals surface area contributed by atoms with E-state index in [1.165, 1.54) is 0 Å². The fourth-order valence-electron chi connectivity index (χ4n) is 1.35. The van der Waals surface area contributed by atoms with Crippen molar-refractivity contribution in [1.29, 1.82) is 0 Å². The highest BCUT2D eigenvalue weighted by Gasteiger charge is 2.25. The third-order valence-corrected chi connectivity index (χ3v) is 2.39. The third-order valence-electron chi connectivity index (χ3n) is 2.39. The predicted molar refractivity (Wildman–Crippen MR) is 58.0 cm³/mol. The van der Waals surface area contributed by atoms with Crippen LogP contribution in [0.5, 0.6) is 0 Å². The number of benzene rings is 1. The Morgan fingerprint density at radius 3 is 2.62 bits per heavy atom. The number of rotatable bonds is 4. The van der Waals surface area contributed by atoms with E-state index in [1.54, 1.807) is 12.1 Å². The van der Waals surface area contributed by atoms with Crippen molar-refractivity contribution in [2.24, 2.45) is 0 Å². The van der Waals surface area contributed by atoms with E-state index in [-0.39, 0.29) is 6.54 Å². The fourth-order valence-corrected chi connectivity index (χ4v) is 1.35. The van der Waals surface area contributed by atoms with E-state index in [9.17, 15) is 13.2 Å². The molecule has 16 heavy (non-hydrogen) atoms. The van der Waals surface area contributed by atoms with E-state index in [2.05, 4.69) is 5.32 Å². The monoisotopic (exact) mass is 232 g/mol. The number of nitrogen functional groups attached to an aromatic ring is 1. The minimum absolute atomic E-state index is 0.0717. The van der Waals surface area contributed by atoms with Crippen LogP contribution in [0.1, 0.15) is 17.5 Å². The van der Waals surface area contributed by atoms with Crippen molar-refractivity contribution in [2.45, 2.75) is 26.1 Å². The van der Waals surface area contributed by atoms with Gasteiger partial charge >= 0.3 is 6.18 Å². The molecule has 90 valence electrons. The van der Waals surface area contributed by atoms with Gasteiger partial charge in [0.1, 0.15) is 0 Å². The first-order valence-corrected chi connectivity index (χ1v) is 5.01. The molecule has 0 spiro atoms. The van der Waals surface area contributed by atoms with E-state index in [4.69, 9.17) is 5.73 Å². The summed E-state index contributed by atoms with van der Waals surface area (Å²) in [5.74, 6) is 0. The molecule has 0 unspecified atom stereocenters. The SMILES string of the molecule is Cc1c(N)cccc1CNCCC(F)(F)F. The molecule has 5 heteroatoms. The summed E-state index contributed by atoms with van der Waals surface area (Å²) in [5.41, 5.74) is 8.20. The summed E-state index contributed by atoms with van der Waals surface area (Å²) < 4.78 is 35.6. The topological polar surface area (TPSA) is 38.0 Å². The van der Waals surface area contributed by atoms with Crippen molar-refractivity contribution in [3.8, 4) is 0 Å². The van der Waals surface area contributed by atoms with Crippen LogP contribution in [0.4, 0.5) is 18.9 Å². The van der Waals surface area contributed by atoms with Crippen LogP contribution in [0.2, 0.25) is 0 Å². The maximum atomic E-state index is 11.9. The Morgan fingerprint density at radius 1 is 1.31 bits per heavy atom. The summed E-state index contributed by atoms with van der Waals surface area (Å²) in [5, 5.41) is 2.75. The number of nitrogens with one attached hydrogen (secondary N) is 1. The Bertz CT molecular complexity index is 348. The van der Waals surface area contributed by atoms with E-state index in [0.29, 0.717) is 12.2 Å². The molecule has 0 aromatic heterocycles. The van der Waals surface area contributed by atoms with Gasteiger partial charge < -0.3 is 11.1 Å². The van der Waals surface area contributed by atoms with E-state index in [0.717, 1.165) is 11.1 Å². The Hall–Kier alpha value is -1.23. The van der Waals surface area contributed by atoms with Gasteiger partial charge in [-0.1, -0.05) is 12.1 Å². The molecule has 0 bridgehead atoms. The molecule has 0 saturated heterocycles. The number of nitrogens with two attached hydrogens (primary N) is 1. The van der Waals surface area contributed by atoms with Gasteiger partial charge in [0.15, 0.2) is 0 Å². The van der Waals surface area contributed by atoms with Crippen LogP contribution in [0.25, 0.3) is 0 Å². The first kappa shape index (κ1) is 12.8. The van der Waals surface area contributed by atoms with Crippen molar-refractivity contribution < 1.29 is 13.2 Å². The van der Waals surface area contributed by atoms with Crippen molar-refractivity contribution in [1.82, 2.24) is 5.32 Å². The minimum Gasteiger partial charge on any atom is -0.399 e. The molecule has 3 N–H and O–H groups in total. The minimum atomic E-state index is -4.10. The zero-order valence-electron chi connectivity index (χ0n) is 9.06. The molecular formula is C11H15F3N2. The lowest BCUT2D eigenvalue weighted by atomic mass is 10.1. The highest BCUT2D eigenvalue weighted by atomic mass is 19.4. The Morgan fingerprint density at radius 2 is 2.00 bits per heavy atom.